The molecule has 0 unspecified atom stereocenters. The van der Waals surface area contributed by atoms with E-state index in [0.29, 0.717) is 0 Å². The number of aliphatic hydroxyl groups excluding tert-OH is 12. The van der Waals surface area contributed by atoms with Crippen LogP contribution in [-0.4, -0.2) is 197 Å². The molecule has 20 nitrogen and oxygen atoms in total. The van der Waals surface area contributed by atoms with Crippen LogP contribution >= 0.6 is 21.6 Å². The molecule has 0 aromatic rings. The molecule has 0 aliphatic carbocycles. The Kier molecular flexibility index (Phi) is 19.8. The van der Waals surface area contributed by atoms with Gasteiger partial charge in [-0.1, -0.05) is 0 Å². The molecule has 0 radical (unpaired) electrons. The van der Waals surface area contributed by atoms with E-state index in [1.165, 1.54) is 0 Å². The summed E-state index contributed by atoms with van der Waals surface area (Å²) in [5.74, 6) is -2.98. The van der Waals surface area contributed by atoms with E-state index < -0.39 is 137 Å². The minimum absolute atomic E-state index is 0.152. The Morgan fingerprint density at radius 2 is 1.25 bits per heavy atom. The standard InChI is InChI=1S/C26H46O20S2/c27-2-1-17(43-25-14(34)3-11(31)18(7-29)44-25)13(33)5-20(37)41-9-47-48-10-42-24(40)22(39)21(38)23(16(36)6-28)46-26-15(35)4-12(32)19(8-30)45-26/h11-19,21-23,25-36,38-39H,1-10H2/t11-,12-,13-,14-,15-,16-,17-,18-,19-,21-,22+,23-,25-,26+/m1/s1. The summed E-state index contributed by atoms with van der Waals surface area (Å²) in [6.07, 6.45) is -22.6. The Hall–Kier alpha value is -1.00. The molecule has 0 amide bonds. The Morgan fingerprint density at radius 1 is 0.729 bits per heavy atom. The molecule has 2 fully saturated rings. The molecule has 0 spiro atoms. The average Bonchev–Trinajstić information content (AvgIpc) is 3.05. The summed E-state index contributed by atoms with van der Waals surface area (Å²) < 4.78 is 31.2. The Labute approximate surface area is 282 Å². The van der Waals surface area contributed by atoms with Gasteiger partial charge >= 0.3 is 11.9 Å². The molecule has 0 saturated carbocycles. The number of carbonyl (C=O) groups is 2. The lowest BCUT2D eigenvalue weighted by atomic mass is 10.0. The van der Waals surface area contributed by atoms with Gasteiger partial charge in [-0.2, -0.15) is 0 Å². The van der Waals surface area contributed by atoms with Gasteiger partial charge in [-0.15, -0.1) is 0 Å². The third-order valence-electron chi connectivity index (χ3n) is 7.32. The van der Waals surface area contributed by atoms with Crippen LogP contribution in [0, 0.1) is 0 Å². The van der Waals surface area contributed by atoms with E-state index in [9.17, 15) is 70.9 Å². The van der Waals surface area contributed by atoms with Gasteiger partial charge in [0.2, 0.25) is 0 Å². The maximum Gasteiger partial charge on any atom is 0.338 e. The van der Waals surface area contributed by atoms with E-state index in [-0.39, 0.29) is 25.2 Å². The average molecular weight is 743 g/mol. The zero-order valence-electron chi connectivity index (χ0n) is 25.6. The number of ether oxygens (including phenoxy) is 6. The smallest absolute Gasteiger partial charge is 0.338 e. The Balaban J connectivity index is 1.75. The Bertz CT molecular complexity index is 938. The van der Waals surface area contributed by atoms with Crippen molar-refractivity contribution in [1.29, 1.82) is 0 Å². The number of hydrogen-bond donors (Lipinski definition) is 12. The van der Waals surface area contributed by atoms with Crippen LogP contribution in [-0.2, 0) is 38.0 Å². The largest absolute Gasteiger partial charge is 0.454 e. The predicted octanol–water partition coefficient (Wildman–Crippen LogP) is -5.99. The summed E-state index contributed by atoms with van der Waals surface area (Å²) >= 11 is 0. The second-order valence-corrected chi connectivity index (χ2v) is 13.2. The van der Waals surface area contributed by atoms with Crippen molar-refractivity contribution in [2.45, 2.75) is 112 Å². The summed E-state index contributed by atoms with van der Waals surface area (Å²) in [6, 6.07) is 0. The SMILES string of the molecule is O=C(C[C@@H](O)[C@@H](CCO)O[C@@H]1O[C@H](CO)[C@H](O)C[C@H]1O)OCSSCOC(=O)[C@@H](O)[C@@H](O)[C@H](O[C@@H]1O[C@H](CO)[C@H](O)C[C@H]1O)[C@H](O)CO. The molecule has 282 valence electrons. The van der Waals surface area contributed by atoms with E-state index in [4.69, 9.17) is 28.4 Å². The molecule has 2 saturated heterocycles. The molecule has 22 heteroatoms. The fourth-order valence-corrected chi connectivity index (χ4v) is 5.79. The number of rotatable bonds is 21. The van der Waals surface area contributed by atoms with Crippen molar-refractivity contribution < 1.29 is 99.3 Å². The minimum atomic E-state index is -2.31. The first-order chi connectivity index (χ1) is 22.8. The van der Waals surface area contributed by atoms with Gasteiger partial charge in [0, 0.05) is 19.4 Å². The highest BCUT2D eigenvalue weighted by atomic mass is 33.1. The second kappa shape index (κ2) is 22.0. The molecule has 12 N–H and O–H groups in total. The molecule has 0 aromatic carbocycles. The molecule has 0 aromatic heterocycles. The monoisotopic (exact) mass is 742 g/mol. The van der Waals surface area contributed by atoms with Crippen LogP contribution < -0.4 is 0 Å². The summed E-state index contributed by atoms with van der Waals surface area (Å²) in [5.41, 5.74) is 0. The van der Waals surface area contributed by atoms with E-state index >= 15 is 0 Å². The van der Waals surface area contributed by atoms with Crippen LogP contribution in [0.4, 0.5) is 0 Å². The van der Waals surface area contributed by atoms with Gasteiger partial charge in [0.05, 0.1) is 50.7 Å². The normalized spacial score (nSPS) is 31.7. The van der Waals surface area contributed by atoms with Crippen molar-refractivity contribution in [2.75, 3.05) is 38.3 Å². The first-order valence-corrected chi connectivity index (χ1v) is 17.3. The second-order valence-electron chi connectivity index (χ2n) is 10.9. The van der Waals surface area contributed by atoms with Crippen molar-refractivity contribution in [3.63, 3.8) is 0 Å². The topological polar surface area (TPSA) is 332 Å². The van der Waals surface area contributed by atoms with Crippen LogP contribution in [0.25, 0.3) is 0 Å². The van der Waals surface area contributed by atoms with E-state index in [2.05, 4.69) is 0 Å². The summed E-state index contributed by atoms with van der Waals surface area (Å²) in [4.78, 5) is 24.5. The van der Waals surface area contributed by atoms with E-state index in [0.717, 1.165) is 21.6 Å². The van der Waals surface area contributed by atoms with Gasteiger partial charge < -0.3 is 89.7 Å². The van der Waals surface area contributed by atoms with Crippen molar-refractivity contribution in [3.8, 4) is 0 Å². The van der Waals surface area contributed by atoms with Gasteiger partial charge in [-0.25, -0.2) is 4.79 Å². The van der Waals surface area contributed by atoms with E-state index in [1.807, 2.05) is 0 Å². The van der Waals surface area contributed by atoms with Gasteiger partial charge in [-0.3, -0.25) is 4.79 Å². The number of carbonyl (C=O) groups excluding carboxylic acids is 2. The minimum Gasteiger partial charge on any atom is -0.454 e. The van der Waals surface area contributed by atoms with Crippen LogP contribution in [0.1, 0.15) is 25.7 Å². The van der Waals surface area contributed by atoms with Crippen LogP contribution in [0.15, 0.2) is 0 Å². The fourth-order valence-electron chi connectivity index (χ4n) is 4.62. The summed E-state index contributed by atoms with van der Waals surface area (Å²) in [7, 11) is 1.72. The molecule has 2 aliphatic rings. The third-order valence-corrected chi connectivity index (χ3v) is 8.99. The van der Waals surface area contributed by atoms with Crippen molar-refractivity contribution in [1.82, 2.24) is 0 Å². The van der Waals surface area contributed by atoms with Crippen LogP contribution in [0.3, 0.4) is 0 Å². The maximum atomic E-state index is 12.3. The zero-order chi connectivity index (χ0) is 36.0. The van der Waals surface area contributed by atoms with Crippen molar-refractivity contribution in [2.24, 2.45) is 0 Å². The third kappa shape index (κ3) is 13.3. The molecule has 14 atom stereocenters. The van der Waals surface area contributed by atoms with Gasteiger partial charge in [0.15, 0.2) is 18.7 Å². The van der Waals surface area contributed by atoms with Gasteiger partial charge in [0.25, 0.3) is 0 Å². The maximum absolute atomic E-state index is 12.3. The van der Waals surface area contributed by atoms with Crippen LogP contribution in [0.5, 0.6) is 0 Å². The van der Waals surface area contributed by atoms with Crippen molar-refractivity contribution >= 4 is 33.5 Å². The lowest BCUT2D eigenvalue weighted by Crippen LogP contribution is -2.56. The fraction of sp³-hybridized carbons (Fsp3) is 0.923. The van der Waals surface area contributed by atoms with E-state index in [1.54, 1.807) is 0 Å². The number of aliphatic hydroxyl groups is 12. The molecule has 2 heterocycles. The summed E-state index contributed by atoms with van der Waals surface area (Å²) in [5, 5.41) is 118. The zero-order valence-corrected chi connectivity index (χ0v) is 27.2. The first-order valence-electron chi connectivity index (χ1n) is 14.8. The lowest BCUT2D eigenvalue weighted by molar-refractivity contribution is -0.304. The molecule has 48 heavy (non-hydrogen) atoms. The molecular weight excluding hydrogens is 696 g/mol. The van der Waals surface area contributed by atoms with Gasteiger partial charge in [0.1, 0.15) is 54.6 Å². The highest BCUT2D eigenvalue weighted by molar-refractivity contribution is 8.76. The molecule has 0 bridgehead atoms. The van der Waals surface area contributed by atoms with Crippen LogP contribution in [0.2, 0.25) is 0 Å². The first kappa shape index (κ1) is 43.2. The molecule has 2 aliphatic heterocycles. The highest BCUT2D eigenvalue weighted by Crippen LogP contribution is 2.27. The van der Waals surface area contributed by atoms with Gasteiger partial charge in [-0.05, 0) is 28.0 Å². The Morgan fingerprint density at radius 3 is 1.75 bits per heavy atom. The number of hydrogen-bond acceptors (Lipinski definition) is 22. The predicted molar refractivity (Wildman–Crippen MR) is 159 cm³/mol. The quantitative estimate of drug-likeness (QED) is 0.0225. The molecule has 2 rings (SSSR count). The lowest BCUT2D eigenvalue weighted by Gasteiger charge is -2.39. The summed E-state index contributed by atoms with van der Waals surface area (Å²) in [6.45, 7) is -2.66. The highest BCUT2D eigenvalue weighted by Gasteiger charge is 2.44. The van der Waals surface area contributed by atoms with Crippen molar-refractivity contribution in [3.05, 3.63) is 0 Å². The number of esters is 2. The molecular formula is C26H46O20S2.